The second-order valence-electron chi connectivity index (χ2n) is 6.16. The van der Waals surface area contributed by atoms with Crippen LogP contribution < -0.4 is 0 Å². The number of likely N-dealkylation sites (tertiary alicyclic amines) is 1. The molecule has 1 aliphatic rings. The van der Waals surface area contributed by atoms with Gasteiger partial charge in [-0.3, -0.25) is 4.79 Å². The molecule has 1 heterocycles. The van der Waals surface area contributed by atoms with Crippen LogP contribution >= 0.6 is 0 Å². The Morgan fingerprint density at radius 2 is 1.88 bits per heavy atom. The van der Waals surface area contributed by atoms with E-state index in [9.17, 15) is 13.2 Å². The molecule has 0 unspecified atom stereocenters. The minimum absolute atomic E-state index is 0.124. The zero-order chi connectivity index (χ0) is 17.6. The number of hydrogen-bond acceptors (Lipinski definition) is 3. The van der Waals surface area contributed by atoms with E-state index in [0.29, 0.717) is 19.4 Å². The van der Waals surface area contributed by atoms with E-state index in [1.807, 2.05) is 11.8 Å². The number of benzene rings is 1. The van der Waals surface area contributed by atoms with Crippen LogP contribution in [-0.2, 0) is 14.8 Å². The van der Waals surface area contributed by atoms with Crippen LogP contribution in [0.2, 0.25) is 0 Å². The lowest BCUT2D eigenvalue weighted by Gasteiger charge is -2.21. The summed E-state index contributed by atoms with van der Waals surface area (Å²) < 4.78 is 26.9. The largest absolute Gasteiger partial charge is 0.343 e. The molecule has 6 heteroatoms. The summed E-state index contributed by atoms with van der Waals surface area (Å²) in [6.45, 7) is 7.79. The van der Waals surface area contributed by atoms with Crippen molar-refractivity contribution in [3.05, 3.63) is 42.5 Å². The monoisotopic (exact) mass is 350 g/mol. The Bertz CT molecular complexity index is 662. The Hall–Kier alpha value is -1.66. The number of sulfonamides is 1. The summed E-state index contributed by atoms with van der Waals surface area (Å²) in [6, 6.07) is 6.82. The molecule has 1 amide bonds. The van der Waals surface area contributed by atoms with E-state index in [1.54, 1.807) is 30.3 Å². The predicted octanol–water partition coefficient (Wildman–Crippen LogP) is 2.57. The van der Waals surface area contributed by atoms with Crippen molar-refractivity contribution in [2.45, 2.75) is 37.5 Å². The molecule has 1 aromatic rings. The van der Waals surface area contributed by atoms with Gasteiger partial charge in [-0.2, -0.15) is 4.31 Å². The van der Waals surface area contributed by atoms with Crippen molar-refractivity contribution in [1.82, 2.24) is 9.21 Å². The van der Waals surface area contributed by atoms with Crippen molar-refractivity contribution in [1.29, 1.82) is 0 Å². The van der Waals surface area contributed by atoms with Crippen LogP contribution in [0.4, 0.5) is 0 Å². The molecule has 0 saturated carbocycles. The van der Waals surface area contributed by atoms with E-state index in [4.69, 9.17) is 0 Å². The number of amides is 1. The van der Waals surface area contributed by atoms with Gasteiger partial charge >= 0.3 is 0 Å². The lowest BCUT2D eigenvalue weighted by molar-refractivity contribution is -0.130. The molecule has 1 aromatic carbocycles. The molecule has 1 fully saturated rings. The van der Waals surface area contributed by atoms with Crippen LogP contribution in [0.3, 0.4) is 0 Å². The van der Waals surface area contributed by atoms with Crippen LogP contribution in [-0.4, -0.2) is 49.7 Å². The topological polar surface area (TPSA) is 57.7 Å². The molecule has 0 atom stereocenters. The second-order valence-corrected chi connectivity index (χ2v) is 8.09. The number of rotatable bonds is 8. The average Bonchev–Trinajstić information content (AvgIpc) is 3.09. The first-order valence-electron chi connectivity index (χ1n) is 8.40. The highest BCUT2D eigenvalue weighted by Gasteiger charge is 2.24. The molecule has 24 heavy (non-hydrogen) atoms. The lowest BCUT2D eigenvalue weighted by Crippen LogP contribution is -2.33. The highest BCUT2D eigenvalue weighted by Crippen LogP contribution is 2.17. The first kappa shape index (κ1) is 18.7. The fourth-order valence-corrected chi connectivity index (χ4v) is 4.29. The smallest absolute Gasteiger partial charge is 0.243 e. The van der Waals surface area contributed by atoms with Gasteiger partial charge in [0.05, 0.1) is 4.90 Å². The van der Waals surface area contributed by atoms with Gasteiger partial charge in [-0.1, -0.05) is 23.8 Å². The first-order chi connectivity index (χ1) is 11.4. The third kappa shape index (κ3) is 4.68. The molecule has 0 N–H and O–H groups in total. The standard InChI is InChI=1S/C18H26N2O3S/c1-3-12-20(15-6-7-18(21)19-13-4-5-14-19)24(22,23)17-10-8-16(2)9-11-17/h3,8-11H,1,4-7,12-15H2,2H3. The van der Waals surface area contributed by atoms with Gasteiger partial charge in [-0.15, -0.1) is 6.58 Å². The maximum absolute atomic E-state index is 12.7. The summed E-state index contributed by atoms with van der Waals surface area (Å²) in [4.78, 5) is 14.2. The van der Waals surface area contributed by atoms with Crippen LogP contribution in [0.1, 0.15) is 31.2 Å². The molecule has 0 aliphatic carbocycles. The van der Waals surface area contributed by atoms with Gasteiger partial charge in [0.25, 0.3) is 0 Å². The van der Waals surface area contributed by atoms with E-state index < -0.39 is 10.0 Å². The summed E-state index contributed by atoms with van der Waals surface area (Å²) in [5, 5.41) is 0. The Labute approximate surface area is 145 Å². The van der Waals surface area contributed by atoms with Crippen molar-refractivity contribution in [3.63, 3.8) is 0 Å². The van der Waals surface area contributed by atoms with Gasteiger partial charge in [0.15, 0.2) is 0 Å². The Balaban J connectivity index is 1.98. The van der Waals surface area contributed by atoms with E-state index in [1.165, 1.54) is 4.31 Å². The van der Waals surface area contributed by atoms with Crippen LogP contribution in [0.25, 0.3) is 0 Å². The minimum atomic E-state index is -3.56. The molecule has 0 spiro atoms. The molecule has 132 valence electrons. The highest BCUT2D eigenvalue weighted by atomic mass is 32.2. The third-order valence-corrected chi connectivity index (χ3v) is 6.13. The van der Waals surface area contributed by atoms with Gasteiger partial charge in [0.2, 0.25) is 15.9 Å². The van der Waals surface area contributed by atoms with Crippen LogP contribution in [0.15, 0.2) is 41.8 Å². The number of hydrogen-bond donors (Lipinski definition) is 0. The summed E-state index contributed by atoms with van der Waals surface area (Å²) in [5.41, 5.74) is 1.01. The van der Waals surface area contributed by atoms with Crippen LogP contribution in [0.5, 0.6) is 0 Å². The summed E-state index contributed by atoms with van der Waals surface area (Å²) in [5.74, 6) is 0.124. The highest BCUT2D eigenvalue weighted by molar-refractivity contribution is 7.89. The first-order valence-corrected chi connectivity index (χ1v) is 9.84. The maximum Gasteiger partial charge on any atom is 0.243 e. The third-order valence-electron chi connectivity index (χ3n) is 4.25. The summed E-state index contributed by atoms with van der Waals surface area (Å²) in [6.07, 6.45) is 4.62. The van der Waals surface area contributed by atoms with E-state index >= 15 is 0 Å². The molecular formula is C18H26N2O3S. The molecule has 1 aliphatic heterocycles. The lowest BCUT2D eigenvalue weighted by atomic mass is 10.2. The zero-order valence-corrected chi connectivity index (χ0v) is 15.1. The molecular weight excluding hydrogens is 324 g/mol. The number of carbonyl (C=O) groups is 1. The van der Waals surface area contributed by atoms with Crippen molar-refractivity contribution >= 4 is 15.9 Å². The summed E-state index contributed by atoms with van der Waals surface area (Å²) in [7, 11) is -3.56. The molecule has 0 aromatic heterocycles. The van der Waals surface area contributed by atoms with E-state index in [-0.39, 0.29) is 17.3 Å². The fourth-order valence-electron chi connectivity index (χ4n) is 2.84. The average molecular weight is 350 g/mol. The second kappa shape index (κ2) is 8.44. The van der Waals surface area contributed by atoms with Gasteiger partial charge in [0, 0.05) is 32.6 Å². The predicted molar refractivity (Wildman–Crippen MR) is 95.2 cm³/mol. The Morgan fingerprint density at radius 3 is 2.46 bits per heavy atom. The minimum Gasteiger partial charge on any atom is -0.343 e. The van der Waals surface area contributed by atoms with Gasteiger partial charge in [-0.05, 0) is 38.3 Å². The van der Waals surface area contributed by atoms with Gasteiger partial charge in [0.1, 0.15) is 0 Å². The summed E-state index contributed by atoms with van der Waals surface area (Å²) >= 11 is 0. The Morgan fingerprint density at radius 1 is 1.25 bits per heavy atom. The van der Waals surface area contributed by atoms with Crippen molar-refractivity contribution in [3.8, 4) is 0 Å². The molecule has 0 radical (unpaired) electrons. The van der Waals surface area contributed by atoms with Crippen molar-refractivity contribution in [2.24, 2.45) is 0 Å². The molecule has 1 saturated heterocycles. The quantitative estimate of drug-likeness (QED) is 0.677. The molecule has 2 rings (SSSR count). The number of nitrogens with zero attached hydrogens (tertiary/aromatic N) is 2. The Kier molecular flexibility index (Phi) is 6.57. The van der Waals surface area contributed by atoms with Crippen molar-refractivity contribution in [2.75, 3.05) is 26.2 Å². The fraction of sp³-hybridized carbons (Fsp3) is 0.500. The zero-order valence-electron chi connectivity index (χ0n) is 14.3. The van der Waals surface area contributed by atoms with E-state index in [0.717, 1.165) is 31.5 Å². The molecule has 5 nitrogen and oxygen atoms in total. The normalized spacial score (nSPS) is 15.0. The number of aryl methyl sites for hydroxylation is 1. The SMILES string of the molecule is C=CCN(CCCC(=O)N1CCCC1)S(=O)(=O)c1ccc(C)cc1. The van der Waals surface area contributed by atoms with Gasteiger partial charge in [-0.25, -0.2) is 8.42 Å². The molecule has 0 bridgehead atoms. The maximum atomic E-state index is 12.7. The van der Waals surface area contributed by atoms with Crippen LogP contribution in [0, 0.1) is 6.92 Å². The number of carbonyl (C=O) groups excluding carboxylic acids is 1. The van der Waals surface area contributed by atoms with Gasteiger partial charge < -0.3 is 4.90 Å². The van der Waals surface area contributed by atoms with Crippen molar-refractivity contribution < 1.29 is 13.2 Å². The van der Waals surface area contributed by atoms with E-state index in [2.05, 4.69) is 6.58 Å².